The summed E-state index contributed by atoms with van der Waals surface area (Å²) in [4.78, 5) is 23.8. The van der Waals surface area contributed by atoms with Crippen molar-refractivity contribution in [2.45, 2.75) is 18.9 Å². The zero-order valence-corrected chi connectivity index (χ0v) is 15.9. The van der Waals surface area contributed by atoms with Crippen LogP contribution in [0.4, 0.5) is 11.4 Å². The first-order chi connectivity index (χ1) is 13.6. The summed E-state index contributed by atoms with van der Waals surface area (Å²) in [6.45, 7) is 1.45. The lowest BCUT2D eigenvalue weighted by Crippen LogP contribution is -2.22. The minimum Gasteiger partial charge on any atom is -0.491 e. The number of carbonyl (C=O) groups excluding carboxylic acids is 2. The molecule has 28 heavy (non-hydrogen) atoms. The van der Waals surface area contributed by atoms with Crippen LogP contribution in [0.15, 0.2) is 48.5 Å². The molecule has 1 heterocycles. The van der Waals surface area contributed by atoms with E-state index in [1.165, 1.54) is 0 Å². The first-order valence-corrected chi connectivity index (χ1v) is 9.34. The van der Waals surface area contributed by atoms with Crippen LogP contribution in [0.25, 0.3) is 0 Å². The van der Waals surface area contributed by atoms with Gasteiger partial charge >= 0.3 is 0 Å². The van der Waals surface area contributed by atoms with E-state index >= 15 is 0 Å². The fraction of sp³-hybridized carbons (Fsp3) is 0.333. The molecule has 1 atom stereocenters. The minimum absolute atomic E-state index is 0.0917. The molecule has 0 bridgehead atoms. The molecule has 148 valence electrons. The number of benzene rings is 2. The van der Waals surface area contributed by atoms with Gasteiger partial charge < -0.3 is 25.4 Å². The van der Waals surface area contributed by atoms with Crippen molar-refractivity contribution in [2.24, 2.45) is 0 Å². The average molecular weight is 383 g/mol. The molecule has 0 spiro atoms. The van der Waals surface area contributed by atoms with Crippen molar-refractivity contribution in [3.05, 3.63) is 54.1 Å². The Kier molecular flexibility index (Phi) is 6.86. The average Bonchev–Trinajstić information content (AvgIpc) is 3.25. The van der Waals surface area contributed by atoms with Gasteiger partial charge in [-0.25, -0.2) is 0 Å². The molecule has 2 amide bonds. The van der Waals surface area contributed by atoms with Gasteiger partial charge in [0, 0.05) is 30.6 Å². The molecule has 1 saturated heterocycles. The lowest BCUT2D eigenvalue weighted by Gasteiger charge is -2.12. The highest BCUT2D eigenvalue weighted by Gasteiger charge is 2.15. The van der Waals surface area contributed by atoms with Gasteiger partial charge in [-0.2, -0.15) is 0 Å². The first-order valence-electron chi connectivity index (χ1n) is 9.34. The van der Waals surface area contributed by atoms with Gasteiger partial charge in [0.1, 0.15) is 12.4 Å². The topological polar surface area (TPSA) is 88.7 Å². The molecule has 3 rings (SSSR count). The summed E-state index contributed by atoms with van der Waals surface area (Å²) in [6.07, 6.45) is 2.29. The number of hydrogen-bond donors (Lipinski definition) is 3. The number of nitrogens with one attached hydrogen (secondary N) is 3. The zero-order chi connectivity index (χ0) is 19.8. The van der Waals surface area contributed by atoms with E-state index in [4.69, 9.17) is 9.47 Å². The number of hydrogen-bond acceptors (Lipinski definition) is 5. The number of rotatable bonds is 8. The molecular formula is C21H25N3O4. The van der Waals surface area contributed by atoms with E-state index in [0.29, 0.717) is 23.5 Å². The van der Waals surface area contributed by atoms with Crippen LogP contribution in [0.3, 0.4) is 0 Å². The maximum Gasteiger partial charge on any atom is 0.251 e. The van der Waals surface area contributed by atoms with Crippen LogP contribution >= 0.6 is 0 Å². The van der Waals surface area contributed by atoms with Crippen molar-refractivity contribution in [2.75, 3.05) is 37.4 Å². The molecule has 0 aliphatic carbocycles. The third kappa shape index (κ3) is 5.72. The predicted molar refractivity (Wildman–Crippen MR) is 108 cm³/mol. The highest BCUT2D eigenvalue weighted by Crippen LogP contribution is 2.18. The Morgan fingerprint density at radius 3 is 2.68 bits per heavy atom. The van der Waals surface area contributed by atoms with E-state index in [0.717, 1.165) is 25.2 Å². The second-order valence-corrected chi connectivity index (χ2v) is 6.53. The van der Waals surface area contributed by atoms with Gasteiger partial charge in [-0.1, -0.05) is 6.07 Å². The Morgan fingerprint density at radius 2 is 1.96 bits per heavy atom. The smallest absolute Gasteiger partial charge is 0.251 e. The number of ether oxygens (including phenoxy) is 2. The summed E-state index contributed by atoms with van der Waals surface area (Å²) >= 11 is 0. The van der Waals surface area contributed by atoms with Crippen LogP contribution in [0.2, 0.25) is 0 Å². The van der Waals surface area contributed by atoms with Crippen molar-refractivity contribution in [3.63, 3.8) is 0 Å². The van der Waals surface area contributed by atoms with Gasteiger partial charge in [0.05, 0.1) is 12.6 Å². The van der Waals surface area contributed by atoms with Crippen molar-refractivity contribution < 1.29 is 19.1 Å². The first kappa shape index (κ1) is 19.7. The largest absolute Gasteiger partial charge is 0.491 e. The minimum atomic E-state index is -0.182. The molecule has 1 aliphatic heterocycles. The summed E-state index contributed by atoms with van der Waals surface area (Å²) in [7, 11) is 1.58. The van der Waals surface area contributed by atoms with Crippen molar-refractivity contribution >= 4 is 23.2 Å². The second kappa shape index (κ2) is 9.75. The monoisotopic (exact) mass is 383 g/mol. The predicted octanol–water partition coefficient (Wildman–Crippen LogP) is 2.65. The molecule has 0 saturated carbocycles. The van der Waals surface area contributed by atoms with E-state index in [1.54, 1.807) is 43.4 Å². The quantitative estimate of drug-likeness (QED) is 0.652. The number of anilines is 2. The van der Waals surface area contributed by atoms with Crippen LogP contribution < -0.4 is 20.7 Å². The summed E-state index contributed by atoms with van der Waals surface area (Å²) in [5.41, 5.74) is 1.93. The van der Waals surface area contributed by atoms with Crippen LogP contribution in [-0.2, 0) is 9.53 Å². The maximum atomic E-state index is 12.1. The van der Waals surface area contributed by atoms with Crippen molar-refractivity contribution in [3.8, 4) is 5.75 Å². The molecule has 1 unspecified atom stereocenters. The third-order valence-electron chi connectivity index (χ3n) is 4.40. The fourth-order valence-electron chi connectivity index (χ4n) is 2.90. The highest BCUT2D eigenvalue weighted by molar-refractivity contribution is 5.96. The van der Waals surface area contributed by atoms with Crippen LogP contribution in [0, 0.1) is 0 Å². The highest BCUT2D eigenvalue weighted by atomic mass is 16.5. The molecular weight excluding hydrogens is 358 g/mol. The summed E-state index contributed by atoms with van der Waals surface area (Å²) < 4.78 is 11.2. The lowest BCUT2D eigenvalue weighted by atomic mass is 10.2. The Balaban J connectivity index is 1.45. The van der Waals surface area contributed by atoms with Crippen LogP contribution in [-0.4, -0.2) is 44.7 Å². The van der Waals surface area contributed by atoms with Crippen molar-refractivity contribution in [1.29, 1.82) is 0 Å². The Bertz CT molecular complexity index is 802. The molecule has 7 nitrogen and oxygen atoms in total. The number of carbonyl (C=O) groups is 2. The van der Waals surface area contributed by atoms with E-state index < -0.39 is 0 Å². The molecule has 2 aromatic rings. The lowest BCUT2D eigenvalue weighted by molar-refractivity contribution is -0.114. The molecule has 1 fully saturated rings. The van der Waals surface area contributed by atoms with Crippen molar-refractivity contribution in [1.82, 2.24) is 5.32 Å². The SMILES string of the molecule is CNC(=O)c1cccc(NCC(=O)Nc2ccc(OCC3CCCO3)cc2)c1. The third-order valence-corrected chi connectivity index (χ3v) is 4.40. The zero-order valence-electron chi connectivity index (χ0n) is 15.9. The molecule has 7 heteroatoms. The molecule has 2 aromatic carbocycles. The van der Waals surface area contributed by atoms with Gasteiger partial charge in [-0.15, -0.1) is 0 Å². The molecule has 1 aliphatic rings. The van der Waals surface area contributed by atoms with Gasteiger partial charge in [0.15, 0.2) is 0 Å². The van der Waals surface area contributed by atoms with Crippen LogP contribution in [0.5, 0.6) is 5.75 Å². The Morgan fingerprint density at radius 1 is 1.14 bits per heavy atom. The molecule has 0 aromatic heterocycles. The van der Waals surface area contributed by atoms with Gasteiger partial charge in [0.25, 0.3) is 5.91 Å². The van der Waals surface area contributed by atoms with E-state index in [1.807, 2.05) is 12.1 Å². The molecule has 3 N–H and O–H groups in total. The fourth-order valence-corrected chi connectivity index (χ4v) is 2.90. The summed E-state index contributed by atoms with van der Waals surface area (Å²) in [5, 5.41) is 8.41. The van der Waals surface area contributed by atoms with Gasteiger partial charge in [-0.05, 0) is 55.3 Å². The second-order valence-electron chi connectivity index (χ2n) is 6.53. The van der Waals surface area contributed by atoms with Gasteiger partial charge in [0.2, 0.25) is 5.91 Å². The van der Waals surface area contributed by atoms with E-state index in [9.17, 15) is 9.59 Å². The van der Waals surface area contributed by atoms with Crippen LogP contribution in [0.1, 0.15) is 23.2 Å². The maximum absolute atomic E-state index is 12.1. The Labute approximate surface area is 164 Å². The molecule has 0 radical (unpaired) electrons. The van der Waals surface area contributed by atoms with E-state index in [-0.39, 0.29) is 24.5 Å². The standard InChI is InChI=1S/C21H25N3O4/c1-22-21(26)15-4-2-5-17(12-15)23-13-20(25)24-16-7-9-18(10-8-16)28-14-19-6-3-11-27-19/h2,4-5,7-10,12,19,23H,3,6,11,13-14H2,1H3,(H,22,26)(H,24,25). The number of amides is 2. The summed E-state index contributed by atoms with van der Waals surface area (Å²) in [6, 6.07) is 14.2. The van der Waals surface area contributed by atoms with E-state index in [2.05, 4.69) is 16.0 Å². The normalized spacial score (nSPS) is 15.7. The Hall–Kier alpha value is -3.06. The van der Waals surface area contributed by atoms with Gasteiger partial charge in [-0.3, -0.25) is 9.59 Å². The summed E-state index contributed by atoms with van der Waals surface area (Å²) in [5.74, 6) is 0.394.